The van der Waals surface area contributed by atoms with E-state index in [1.807, 2.05) is 49.3 Å². The number of alkyl halides is 3. The minimum atomic E-state index is -4.80. The highest BCUT2D eigenvalue weighted by Gasteiger charge is 2.31. The van der Waals surface area contributed by atoms with Gasteiger partial charge in [-0.15, -0.1) is 13.2 Å². The van der Waals surface area contributed by atoms with Gasteiger partial charge in [0.25, 0.3) is 0 Å². The number of anilines is 2. The fourth-order valence-corrected chi connectivity index (χ4v) is 4.36. The molecule has 0 spiro atoms. The molecule has 2 N–H and O–H groups in total. The Morgan fingerprint density at radius 3 is 2.50 bits per heavy atom. The molecule has 0 aliphatic carbocycles. The number of nitrogens with zero attached hydrogens (tertiary/aromatic N) is 2. The average molecular weight is 523 g/mol. The van der Waals surface area contributed by atoms with E-state index in [2.05, 4.69) is 20.4 Å². The molecule has 0 saturated carbocycles. The topological polar surface area (TPSA) is 60.3 Å². The number of rotatable bonds is 8. The van der Waals surface area contributed by atoms with Gasteiger partial charge in [-0.1, -0.05) is 19.9 Å². The number of hydrogen-bond donors (Lipinski definition) is 2. The Labute approximate surface area is 210 Å². The normalized spacial score (nSPS) is 11.1. The largest absolute Gasteiger partial charge is 0.573 e. The molecule has 2 aromatic heterocycles. The summed E-state index contributed by atoms with van der Waals surface area (Å²) >= 11 is 1.32. The summed E-state index contributed by atoms with van der Waals surface area (Å²) in [6.07, 6.45) is -0.111. The molecule has 4 aromatic rings. The summed E-state index contributed by atoms with van der Waals surface area (Å²) in [6, 6.07) is 10.9. The molecule has 0 unspecified atom stereocenters. The van der Waals surface area contributed by atoms with Crippen molar-refractivity contribution < 1.29 is 27.0 Å². The van der Waals surface area contributed by atoms with Gasteiger partial charge >= 0.3 is 6.36 Å². The van der Waals surface area contributed by atoms with E-state index in [1.165, 1.54) is 37.3 Å². The molecule has 0 atom stereocenters. The van der Waals surface area contributed by atoms with Gasteiger partial charge < -0.3 is 20.1 Å². The molecule has 11 heteroatoms. The lowest BCUT2D eigenvalue weighted by Crippen LogP contribution is -2.17. The summed E-state index contributed by atoms with van der Waals surface area (Å²) in [6.45, 7) is 4.63. The van der Waals surface area contributed by atoms with E-state index < -0.39 is 12.2 Å². The highest BCUT2D eigenvalue weighted by atomic mass is 32.2. The molecule has 2 heterocycles. The Morgan fingerprint density at radius 1 is 1.06 bits per heavy atom. The van der Waals surface area contributed by atoms with Gasteiger partial charge in [0.15, 0.2) is 0 Å². The lowest BCUT2D eigenvalue weighted by atomic mass is 10.1. The van der Waals surface area contributed by atoms with Gasteiger partial charge in [-0.05, 0) is 54.9 Å². The number of fused-ring (bicyclic) bond motifs is 1. The summed E-state index contributed by atoms with van der Waals surface area (Å²) in [5.41, 5.74) is 3.06. The van der Waals surface area contributed by atoms with Crippen LogP contribution in [-0.4, -0.2) is 29.5 Å². The Hall–Kier alpha value is -3.44. The molecule has 0 radical (unpaired) electrons. The van der Waals surface area contributed by atoms with Crippen molar-refractivity contribution in [2.24, 2.45) is 0 Å². The number of hydrogen-bond acceptors (Lipinski definition) is 6. The van der Waals surface area contributed by atoms with Crippen LogP contribution in [0.1, 0.15) is 19.4 Å². The van der Waals surface area contributed by atoms with Crippen molar-refractivity contribution in [1.82, 2.24) is 14.3 Å². The van der Waals surface area contributed by atoms with Gasteiger partial charge in [-0.25, -0.2) is 4.39 Å². The van der Waals surface area contributed by atoms with E-state index in [9.17, 15) is 17.6 Å². The molecule has 0 bridgehead atoms. The second-order valence-electron chi connectivity index (χ2n) is 7.21. The molecule has 0 aliphatic heterocycles. The maximum absolute atomic E-state index is 13.6. The maximum atomic E-state index is 13.6. The lowest BCUT2D eigenvalue weighted by Gasteiger charge is -2.15. The van der Waals surface area contributed by atoms with Gasteiger partial charge in [0.2, 0.25) is 0 Å². The highest BCUT2D eigenvalue weighted by Crippen LogP contribution is 2.36. The molecule has 192 valence electrons. The second kappa shape index (κ2) is 12.0. The van der Waals surface area contributed by atoms with Crippen molar-refractivity contribution in [1.29, 1.82) is 0 Å². The third kappa shape index (κ3) is 6.82. The predicted molar refractivity (Wildman–Crippen MR) is 134 cm³/mol. The molecular weight excluding hydrogens is 496 g/mol. The summed E-state index contributed by atoms with van der Waals surface area (Å²) in [5, 5.41) is 7.31. The summed E-state index contributed by atoms with van der Waals surface area (Å²) in [4.78, 5) is 4.53. The Kier molecular flexibility index (Phi) is 9.05. The SMILES string of the molecule is CC.CNCc1cn(Sc2cncc(F)c2)c2cc(Nc3ccc(OC(F)(F)F)cc3OC)ccc12. The number of nitrogens with one attached hydrogen (secondary N) is 2. The van der Waals surface area contributed by atoms with Crippen LogP contribution in [-0.2, 0) is 6.54 Å². The van der Waals surface area contributed by atoms with Crippen LogP contribution in [0.2, 0.25) is 0 Å². The standard InChI is InChI=1S/C23H20F4N4O2S.C2H6/c1-28-10-14-13-31(34-18-7-15(24)11-29-12-18)21-8-16(3-5-19(14)21)30-20-6-4-17(9-22(20)32-2)33-23(25,26)27;1-2/h3-9,11-13,28,30H,10H2,1-2H3;1-2H3. The van der Waals surface area contributed by atoms with Crippen molar-refractivity contribution >= 4 is 34.2 Å². The quantitative estimate of drug-likeness (QED) is 0.240. The van der Waals surface area contributed by atoms with Gasteiger partial charge in [-0.3, -0.25) is 8.96 Å². The number of ether oxygens (including phenoxy) is 2. The van der Waals surface area contributed by atoms with Crippen LogP contribution >= 0.6 is 11.9 Å². The molecule has 0 amide bonds. The number of halogens is 4. The van der Waals surface area contributed by atoms with Crippen molar-refractivity contribution in [3.8, 4) is 11.5 Å². The minimum absolute atomic E-state index is 0.188. The monoisotopic (exact) mass is 522 g/mol. The number of methoxy groups -OCH3 is 1. The minimum Gasteiger partial charge on any atom is -0.494 e. The van der Waals surface area contributed by atoms with Crippen molar-refractivity contribution in [2.45, 2.75) is 31.7 Å². The number of benzene rings is 2. The number of aromatic nitrogens is 2. The molecule has 0 saturated heterocycles. The highest BCUT2D eigenvalue weighted by molar-refractivity contribution is 7.98. The van der Waals surface area contributed by atoms with Gasteiger partial charge in [0.05, 0.1) is 29.4 Å². The predicted octanol–water partition coefficient (Wildman–Crippen LogP) is 7.13. The van der Waals surface area contributed by atoms with Gasteiger partial charge in [0, 0.05) is 36.1 Å². The molecule has 4 rings (SSSR count). The fourth-order valence-electron chi connectivity index (χ4n) is 3.43. The lowest BCUT2D eigenvalue weighted by molar-refractivity contribution is -0.274. The van der Waals surface area contributed by atoms with Crippen LogP contribution < -0.4 is 20.1 Å². The van der Waals surface area contributed by atoms with Crippen LogP contribution in [0.4, 0.5) is 28.9 Å². The van der Waals surface area contributed by atoms with Crippen LogP contribution in [0.3, 0.4) is 0 Å². The third-order valence-corrected chi connectivity index (χ3v) is 5.72. The first kappa shape index (κ1) is 27.2. The zero-order valence-electron chi connectivity index (χ0n) is 20.1. The Morgan fingerprint density at radius 2 is 1.83 bits per heavy atom. The van der Waals surface area contributed by atoms with Crippen LogP contribution in [0.25, 0.3) is 10.9 Å². The zero-order valence-corrected chi connectivity index (χ0v) is 20.9. The zero-order chi connectivity index (χ0) is 26.3. The second-order valence-corrected chi connectivity index (χ2v) is 8.25. The van der Waals surface area contributed by atoms with Crippen LogP contribution in [0.15, 0.2) is 66.0 Å². The summed E-state index contributed by atoms with van der Waals surface area (Å²) < 4.78 is 62.3. The van der Waals surface area contributed by atoms with Gasteiger partial charge in [-0.2, -0.15) is 0 Å². The van der Waals surface area contributed by atoms with Crippen molar-refractivity contribution in [2.75, 3.05) is 19.5 Å². The van der Waals surface area contributed by atoms with Crippen molar-refractivity contribution in [3.05, 3.63) is 72.4 Å². The third-order valence-electron chi connectivity index (χ3n) is 4.79. The molecule has 2 aromatic carbocycles. The number of pyridine rings is 1. The smallest absolute Gasteiger partial charge is 0.494 e. The van der Waals surface area contributed by atoms with E-state index in [0.717, 1.165) is 28.7 Å². The van der Waals surface area contributed by atoms with Crippen molar-refractivity contribution in [3.63, 3.8) is 0 Å². The first-order valence-electron chi connectivity index (χ1n) is 11.0. The van der Waals surface area contributed by atoms with Crippen LogP contribution in [0, 0.1) is 5.82 Å². The molecule has 0 fully saturated rings. The van der Waals surface area contributed by atoms with Gasteiger partial charge in [0.1, 0.15) is 17.3 Å². The fraction of sp³-hybridized carbons (Fsp3) is 0.240. The van der Waals surface area contributed by atoms with E-state index in [0.29, 0.717) is 22.8 Å². The first-order valence-corrected chi connectivity index (χ1v) is 11.8. The molecule has 6 nitrogen and oxygen atoms in total. The van der Waals surface area contributed by atoms with Crippen LogP contribution in [0.5, 0.6) is 11.5 Å². The summed E-state index contributed by atoms with van der Waals surface area (Å²) in [5.74, 6) is -0.617. The van der Waals surface area contributed by atoms with E-state index in [-0.39, 0.29) is 11.5 Å². The average Bonchev–Trinajstić information content (AvgIpc) is 3.17. The molecular formula is C25H26F4N4O2S. The molecule has 0 aliphatic rings. The first-order chi connectivity index (χ1) is 17.3. The molecule has 36 heavy (non-hydrogen) atoms. The van der Waals surface area contributed by atoms with E-state index >= 15 is 0 Å². The van der Waals surface area contributed by atoms with E-state index in [1.54, 1.807) is 6.20 Å². The Balaban J connectivity index is 0.00000176. The Bertz CT molecular complexity index is 1310. The van der Waals surface area contributed by atoms with E-state index in [4.69, 9.17) is 4.74 Å². The summed E-state index contributed by atoms with van der Waals surface area (Å²) in [7, 11) is 3.21. The maximum Gasteiger partial charge on any atom is 0.573 e.